The number of rotatable bonds is 8. The van der Waals surface area contributed by atoms with E-state index in [0.29, 0.717) is 33.8 Å². The van der Waals surface area contributed by atoms with Gasteiger partial charge in [-0.05, 0) is 23.6 Å². The van der Waals surface area contributed by atoms with Gasteiger partial charge in [0, 0.05) is 42.5 Å². The molecule has 0 bridgehead atoms. The summed E-state index contributed by atoms with van der Waals surface area (Å²) in [4.78, 5) is 28.8. The van der Waals surface area contributed by atoms with Gasteiger partial charge in [-0.25, -0.2) is 14.2 Å². The number of carboxylic acids is 1. The summed E-state index contributed by atoms with van der Waals surface area (Å²) >= 11 is 0. The minimum atomic E-state index is -1.41. The number of carboxylic acid groups (broad SMARTS) is 1. The first-order valence-corrected chi connectivity index (χ1v) is 10.6. The maximum Gasteiger partial charge on any atom is 1.00 e. The number of ether oxygens (including phenoxy) is 1. The summed E-state index contributed by atoms with van der Waals surface area (Å²) in [6.07, 6.45) is -0.599. The Kier molecular flexibility index (Phi) is 9.78. The third kappa shape index (κ3) is 6.43. The van der Waals surface area contributed by atoms with Gasteiger partial charge in [-0.3, -0.25) is 4.90 Å². The summed E-state index contributed by atoms with van der Waals surface area (Å²) in [5.74, 6) is -1.43. The molecule has 1 aromatic carbocycles. The van der Waals surface area contributed by atoms with Crippen LogP contribution in [0.5, 0.6) is 0 Å². The van der Waals surface area contributed by atoms with Crippen molar-refractivity contribution in [2.24, 2.45) is 0 Å². The maximum absolute atomic E-state index is 13.6. The van der Waals surface area contributed by atoms with E-state index in [0.717, 1.165) is 0 Å². The van der Waals surface area contributed by atoms with Gasteiger partial charge in [0.1, 0.15) is 18.2 Å². The minimum absolute atomic E-state index is 0. The summed E-state index contributed by atoms with van der Waals surface area (Å²) in [5, 5.41) is 30.8. The smallest absolute Gasteiger partial charge is 0.550 e. The van der Waals surface area contributed by atoms with Crippen molar-refractivity contribution in [2.45, 2.75) is 51.4 Å². The van der Waals surface area contributed by atoms with Crippen molar-refractivity contribution in [1.29, 1.82) is 0 Å². The first-order valence-electron chi connectivity index (χ1n) is 10.6. The first kappa shape index (κ1) is 27.9. The second-order valence-corrected chi connectivity index (χ2v) is 8.26. The molecule has 1 aliphatic rings. The fourth-order valence-electron chi connectivity index (χ4n) is 3.77. The predicted molar refractivity (Wildman–Crippen MR) is 118 cm³/mol. The monoisotopic (exact) mass is 480 g/mol. The summed E-state index contributed by atoms with van der Waals surface area (Å²) in [6.45, 7) is 3.84. The molecular formula is C24H26FN2NaO6. The molecule has 10 heteroatoms. The SMILES string of the molecule is CC(C)c1nc2c(c(-c3ccc(F)cc3)c1/C=C/C(O)CC(O)CC(=O)[O-])COC(=O)N2C.[Na+]. The Morgan fingerprint density at radius 2 is 1.94 bits per heavy atom. The van der Waals surface area contributed by atoms with Gasteiger partial charge >= 0.3 is 35.7 Å². The second kappa shape index (κ2) is 11.9. The van der Waals surface area contributed by atoms with Crippen molar-refractivity contribution < 1.29 is 63.6 Å². The Morgan fingerprint density at radius 1 is 1.29 bits per heavy atom. The van der Waals surface area contributed by atoms with E-state index in [2.05, 4.69) is 0 Å². The summed E-state index contributed by atoms with van der Waals surface area (Å²) < 4.78 is 18.9. The number of aromatic nitrogens is 1. The van der Waals surface area contributed by atoms with Gasteiger partial charge in [0.05, 0.1) is 17.9 Å². The molecule has 0 aliphatic carbocycles. The molecule has 0 radical (unpaired) electrons. The molecule has 2 heterocycles. The van der Waals surface area contributed by atoms with Crippen LogP contribution < -0.4 is 39.6 Å². The molecule has 2 N–H and O–H groups in total. The van der Waals surface area contributed by atoms with Gasteiger partial charge < -0.3 is 24.9 Å². The van der Waals surface area contributed by atoms with Crippen LogP contribution >= 0.6 is 0 Å². The van der Waals surface area contributed by atoms with E-state index in [1.807, 2.05) is 13.8 Å². The number of benzene rings is 1. The minimum Gasteiger partial charge on any atom is -0.550 e. The van der Waals surface area contributed by atoms with Crippen LogP contribution in [0, 0.1) is 5.82 Å². The van der Waals surface area contributed by atoms with Crippen molar-refractivity contribution >= 4 is 24.0 Å². The molecule has 3 rings (SSSR count). The van der Waals surface area contributed by atoms with Crippen LogP contribution in [-0.4, -0.2) is 46.5 Å². The van der Waals surface area contributed by atoms with Crippen LogP contribution in [0.2, 0.25) is 0 Å². The Balaban J connectivity index is 0.00000408. The zero-order valence-electron chi connectivity index (χ0n) is 19.6. The topological polar surface area (TPSA) is 123 Å². The molecule has 1 aliphatic heterocycles. The quantitative estimate of drug-likeness (QED) is 0.482. The number of fused-ring (bicyclic) bond motifs is 1. The van der Waals surface area contributed by atoms with E-state index in [9.17, 15) is 29.3 Å². The van der Waals surface area contributed by atoms with Gasteiger partial charge in [0.25, 0.3) is 0 Å². The number of halogens is 1. The Labute approximate surface area is 219 Å². The number of aliphatic hydroxyl groups excluding tert-OH is 2. The molecule has 0 spiro atoms. The molecular weight excluding hydrogens is 454 g/mol. The van der Waals surface area contributed by atoms with Crippen molar-refractivity contribution in [2.75, 3.05) is 11.9 Å². The van der Waals surface area contributed by atoms with Gasteiger partial charge in [0.2, 0.25) is 0 Å². The molecule has 1 amide bonds. The average Bonchev–Trinajstić information content (AvgIpc) is 2.74. The molecule has 176 valence electrons. The van der Waals surface area contributed by atoms with E-state index in [-0.39, 0.29) is 48.5 Å². The summed E-state index contributed by atoms with van der Waals surface area (Å²) in [6, 6.07) is 5.88. The number of anilines is 1. The van der Waals surface area contributed by atoms with Crippen molar-refractivity contribution in [3.8, 4) is 11.1 Å². The average molecular weight is 480 g/mol. The predicted octanol–water partition coefficient (Wildman–Crippen LogP) is -0.633. The number of carbonyl (C=O) groups excluding carboxylic acids is 2. The van der Waals surface area contributed by atoms with Gasteiger partial charge in [-0.15, -0.1) is 0 Å². The van der Waals surface area contributed by atoms with Crippen molar-refractivity contribution in [3.05, 3.63) is 53.0 Å². The van der Waals surface area contributed by atoms with Crippen LogP contribution in [0.4, 0.5) is 15.0 Å². The summed E-state index contributed by atoms with van der Waals surface area (Å²) in [5.41, 5.74) is 3.29. The van der Waals surface area contributed by atoms with Gasteiger partial charge in [0.15, 0.2) is 0 Å². The van der Waals surface area contributed by atoms with Crippen LogP contribution in [0.1, 0.15) is 49.4 Å². The summed E-state index contributed by atoms with van der Waals surface area (Å²) in [7, 11) is 1.56. The number of hydrogen-bond donors (Lipinski definition) is 2. The van der Waals surface area contributed by atoms with Crippen LogP contribution in [0.15, 0.2) is 30.3 Å². The van der Waals surface area contributed by atoms with Crippen LogP contribution in [0.25, 0.3) is 17.2 Å². The van der Waals surface area contributed by atoms with E-state index in [4.69, 9.17) is 9.72 Å². The number of aliphatic carboxylic acids is 1. The second-order valence-electron chi connectivity index (χ2n) is 8.26. The molecule has 0 fully saturated rings. The number of pyridine rings is 1. The van der Waals surface area contributed by atoms with Crippen molar-refractivity contribution in [1.82, 2.24) is 4.98 Å². The van der Waals surface area contributed by atoms with E-state index >= 15 is 0 Å². The molecule has 8 nitrogen and oxygen atoms in total. The van der Waals surface area contributed by atoms with Crippen LogP contribution in [-0.2, 0) is 16.1 Å². The zero-order chi connectivity index (χ0) is 24.3. The van der Waals surface area contributed by atoms with E-state index < -0.39 is 36.5 Å². The molecule has 1 aromatic heterocycles. The molecule has 0 saturated carbocycles. The van der Waals surface area contributed by atoms with Gasteiger partial charge in [-0.2, -0.15) is 0 Å². The number of aliphatic hydroxyl groups is 2. The number of carbonyl (C=O) groups is 2. The molecule has 0 saturated heterocycles. The number of amides is 1. The normalized spacial score (nSPS) is 15.0. The third-order valence-electron chi connectivity index (χ3n) is 5.36. The van der Waals surface area contributed by atoms with Gasteiger partial charge in [-0.1, -0.05) is 38.1 Å². The van der Waals surface area contributed by atoms with E-state index in [1.54, 1.807) is 25.3 Å². The number of cyclic esters (lactones) is 1. The molecule has 2 atom stereocenters. The molecule has 2 aromatic rings. The standard InChI is InChI=1S/C24H27FN2O6.Na/c1-13(2)22-18(9-8-16(28)10-17(29)11-20(30)31)21(14-4-6-15(25)7-5-14)19-12-33-24(32)27(3)23(19)26-22;/h4-9,13,16-17,28-29H,10-12H2,1-3H3,(H,30,31);/q;+1/p-1/b9-8+;. The molecule has 2 unspecified atom stereocenters. The number of hydrogen-bond acceptors (Lipinski definition) is 7. The van der Waals surface area contributed by atoms with E-state index in [1.165, 1.54) is 23.1 Å². The Hall–Kier alpha value is -2.30. The third-order valence-corrected chi connectivity index (χ3v) is 5.36. The maximum atomic E-state index is 13.6. The fraction of sp³-hybridized carbons (Fsp3) is 0.375. The number of nitrogens with zero attached hydrogens (tertiary/aromatic N) is 2. The van der Waals surface area contributed by atoms with Crippen LogP contribution in [0.3, 0.4) is 0 Å². The zero-order valence-corrected chi connectivity index (χ0v) is 21.6. The first-order chi connectivity index (χ1) is 15.6. The fourth-order valence-corrected chi connectivity index (χ4v) is 3.77. The Morgan fingerprint density at radius 3 is 2.53 bits per heavy atom. The largest absolute Gasteiger partial charge is 1.00 e. The van der Waals surface area contributed by atoms with Crippen molar-refractivity contribution in [3.63, 3.8) is 0 Å². The Bertz CT molecular complexity index is 1070. The molecule has 34 heavy (non-hydrogen) atoms.